The molecule has 0 amide bonds. The maximum atomic E-state index is 8.49. The fourth-order valence-electron chi connectivity index (χ4n) is 3.79. The molecule has 4 rings (SSSR count). The van der Waals surface area contributed by atoms with Gasteiger partial charge in [0.15, 0.2) is 0 Å². The number of hydrogen-bond donors (Lipinski definition) is 0. The molecule has 0 fully saturated rings. The van der Waals surface area contributed by atoms with Gasteiger partial charge in [0.25, 0.3) is 0 Å². The van der Waals surface area contributed by atoms with Gasteiger partial charge in [0.2, 0.25) is 21.0 Å². The van der Waals surface area contributed by atoms with Gasteiger partial charge in [-0.05, 0) is 25.0 Å². The Labute approximate surface area is 233 Å². The lowest BCUT2D eigenvalue weighted by Gasteiger charge is -2.17. The Morgan fingerprint density at radius 3 is 1.08 bits per heavy atom. The van der Waals surface area contributed by atoms with Gasteiger partial charge < -0.3 is 0 Å². The molecule has 0 radical (unpaired) electrons. The number of thiazole rings is 2. The van der Waals surface area contributed by atoms with Gasteiger partial charge >= 0.3 is 0 Å². The predicted molar refractivity (Wildman–Crippen MR) is 121 cm³/mol. The number of H-pyrrole nitrogens is 2. The lowest BCUT2D eigenvalue weighted by atomic mass is 10.1. The van der Waals surface area contributed by atoms with E-state index in [-0.39, 0.29) is 0 Å². The first kappa shape index (κ1) is 32.7. The number of unbranched alkanes of at least 4 members (excludes halogenated alkanes) is 7. The van der Waals surface area contributed by atoms with Crippen LogP contribution in [-0.2, 0) is 12.8 Å². The summed E-state index contributed by atoms with van der Waals surface area (Å²) in [5, 5.41) is 2.86. The van der Waals surface area contributed by atoms with Crippen molar-refractivity contribution in [3.05, 3.63) is 58.5 Å². The van der Waals surface area contributed by atoms with Crippen LogP contribution in [0.2, 0.25) is 0 Å². The smallest absolute Gasteiger partial charge is 0.222 e. The van der Waals surface area contributed by atoms with Crippen molar-refractivity contribution in [3.8, 4) is 0 Å². The molecule has 4 aromatic rings. The molecule has 0 atom stereocenters. The number of para-hydroxylation sites is 2. The molecule has 0 aliphatic carbocycles. The first-order valence-corrected chi connectivity index (χ1v) is 16.0. The third-order valence-corrected chi connectivity index (χ3v) is 7.60. The number of nitrogens with one attached hydrogen (secondary N) is 2. The van der Waals surface area contributed by atoms with Crippen molar-refractivity contribution in [3.63, 3.8) is 0 Å². The molecule has 0 saturated heterocycles. The number of hydrogen-bond acceptors (Lipinski definition) is 10. The van der Waals surface area contributed by atoms with Gasteiger partial charge in [0.05, 0.1) is 0 Å². The highest BCUT2D eigenvalue weighted by Gasteiger charge is 2.10. The van der Waals surface area contributed by atoms with Crippen molar-refractivity contribution in [2.24, 2.45) is 0 Å². The molecule has 2 aromatic heterocycles. The second-order valence-electron chi connectivity index (χ2n) is 8.38. The molecular weight excluding hydrogens is 579 g/mol. The summed E-state index contributed by atoms with van der Waals surface area (Å²) < 4.78 is 70.7. The predicted octanol–water partition coefficient (Wildman–Crippen LogP) is -2.86. The molecule has 0 aliphatic heterocycles. The number of aromatic amines is 2. The zero-order valence-corrected chi connectivity index (χ0v) is 23.7. The van der Waals surface area contributed by atoms with Crippen molar-refractivity contribution >= 4 is 43.1 Å². The van der Waals surface area contributed by atoms with Crippen LogP contribution >= 0.6 is 22.7 Å². The molecule has 0 aliphatic rings. The van der Waals surface area contributed by atoms with Crippen LogP contribution in [-0.4, -0.2) is 0 Å². The Hall–Kier alpha value is -1.52. The number of aryl methyl sites for hydroxylation is 2. The van der Waals surface area contributed by atoms with Crippen molar-refractivity contribution in [1.82, 2.24) is 0 Å². The Balaban J connectivity index is 0.000000435. The standard InChI is InChI=1S/C24H28N2S2.2ClHO4/c1(3-5-7-17-23-25-19-13-9-11-15-21(19)27-23)2-4-6-8-18-24-26-20-14-10-12-16-22(20)28-24;2*2-1(3,4)5/h9-16H,1-8,17-18H2;2*(H,2,3,4,5). The normalized spacial score (nSPS) is 11.7. The van der Waals surface area contributed by atoms with Gasteiger partial charge in [0.1, 0.15) is 9.40 Å². The maximum Gasteiger partial charge on any atom is 0.236 e. The van der Waals surface area contributed by atoms with Gasteiger partial charge in [-0.2, -0.15) is 9.97 Å². The van der Waals surface area contributed by atoms with Crippen LogP contribution in [0.5, 0.6) is 0 Å². The van der Waals surface area contributed by atoms with E-state index in [1.165, 1.54) is 94.7 Å². The van der Waals surface area contributed by atoms with Crippen LogP contribution in [0.25, 0.3) is 20.4 Å². The van der Waals surface area contributed by atoms with Crippen molar-refractivity contribution in [1.29, 1.82) is 0 Å². The summed E-state index contributed by atoms with van der Waals surface area (Å²) in [4.78, 5) is 7.12. The number of rotatable bonds is 11. The van der Waals surface area contributed by atoms with E-state index in [0.29, 0.717) is 0 Å². The number of fused-ring (bicyclic) bond motifs is 2. The summed E-state index contributed by atoms with van der Waals surface area (Å²) in [5.74, 6) is 0. The SMILES string of the molecule is [O-][Cl+3]([O-])([O-])[O-].[O-][Cl+3]([O-])([O-])[O-].c1ccc2sc(CCCCCCCCCCc3[nH+]c4ccccc4s3)[nH+]c2c1. The second-order valence-corrected chi connectivity index (χ2v) is 12.2. The largest absolute Gasteiger partial charge is 0.236 e. The fraction of sp³-hybridized carbons (Fsp3) is 0.417. The highest BCUT2D eigenvalue weighted by atomic mass is 35.7. The Morgan fingerprint density at radius 1 is 0.474 bits per heavy atom. The molecule has 0 unspecified atom stereocenters. The molecule has 10 nitrogen and oxygen atoms in total. The minimum atomic E-state index is -4.94. The minimum absolute atomic E-state index is 1.20. The molecule has 0 spiro atoms. The van der Waals surface area contributed by atoms with Crippen molar-refractivity contribution < 1.29 is 67.7 Å². The van der Waals surface area contributed by atoms with E-state index in [4.69, 9.17) is 37.3 Å². The number of benzene rings is 2. The number of halogens is 2. The summed E-state index contributed by atoms with van der Waals surface area (Å²) >= 11 is 3.83. The number of aromatic nitrogens is 2. The van der Waals surface area contributed by atoms with Crippen molar-refractivity contribution in [2.75, 3.05) is 0 Å². The van der Waals surface area contributed by atoms with Gasteiger partial charge in [-0.15, -0.1) is 20.5 Å². The van der Waals surface area contributed by atoms with E-state index < -0.39 is 20.5 Å². The molecule has 14 heteroatoms. The monoisotopic (exact) mass is 608 g/mol. The van der Waals surface area contributed by atoms with E-state index in [0.717, 1.165) is 0 Å². The molecule has 210 valence electrons. The van der Waals surface area contributed by atoms with Gasteiger partial charge in [-0.3, -0.25) is 0 Å². The third-order valence-electron chi connectivity index (χ3n) is 5.35. The molecule has 38 heavy (non-hydrogen) atoms. The first-order valence-electron chi connectivity index (χ1n) is 11.9. The lowest BCUT2D eigenvalue weighted by molar-refractivity contribution is -2.00. The van der Waals surface area contributed by atoms with Gasteiger partial charge in [0, 0.05) is 25.0 Å². The van der Waals surface area contributed by atoms with Crippen molar-refractivity contribution in [2.45, 2.75) is 64.2 Å². The summed E-state index contributed by atoms with van der Waals surface area (Å²) in [5.41, 5.74) is 2.58. The lowest BCUT2D eigenvalue weighted by Crippen LogP contribution is -2.68. The zero-order valence-electron chi connectivity index (χ0n) is 20.5. The van der Waals surface area contributed by atoms with Crippen LogP contribution in [0.15, 0.2) is 48.5 Å². The third kappa shape index (κ3) is 15.8. The molecular formula is C24H30Cl2N2O8S2. The quantitative estimate of drug-likeness (QED) is 0.161. The maximum absolute atomic E-state index is 8.49. The second kappa shape index (κ2) is 16.6. The van der Waals surface area contributed by atoms with E-state index in [1.54, 1.807) is 0 Å². The van der Waals surface area contributed by atoms with Gasteiger partial charge in [-0.1, -0.05) is 85.5 Å². The van der Waals surface area contributed by atoms with Gasteiger partial charge in [-0.25, -0.2) is 37.3 Å². The average molecular weight is 610 g/mol. The first-order chi connectivity index (χ1) is 17.9. The molecule has 2 heterocycles. The van der Waals surface area contributed by atoms with E-state index in [2.05, 4.69) is 58.5 Å². The summed E-state index contributed by atoms with van der Waals surface area (Å²) in [6.45, 7) is 0. The van der Waals surface area contributed by atoms with E-state index >= 15 is 0 Å². The van der Waals surface area contributed by atoms with E-state index in [1.807, 2.05) is 22.7 Å². The van der Waals surface area contributed by atoms with Crippen LogP contribution in [0.3, 0.4) is 0 Å². The van der Waals surface area contributed by atoms with Crippen LogP contribution < -0.4 is 47.2 Å². The Bertz CT molecular complexity index is 1040. The summed E-state index contributed by atoms with van der Waals surface area (Å²) in [6, 6.07) is 17.2. The molecule has 2 N–H and O–H groups in total. The fourth-order valence-corrected chi connectivity index (χ4v) is 5.89. The topological polar surface area (TPSA) is 213 Å². The summed E-state index contributed by atoms with van der Waals surface area (Å²) in [6.07, 6.45) is 13.3. The minimum Gasteiger partial charge on any atom is -0.222 e. The summed E-state index contributed by atoms with van der Waals surface area (Å²) in [7, 11) is -9.89. The highest BCUT2D eigenvalue weighted by molar-refractivity contribution is 7.18. The molecule has 0 bridgehead atoms. The Morgan fingerprint density at radius 2 is 0.763 bits per heavy atom. The average Bonchev–Trinajstić information content (AvgIpc) is 3.41. The molecule has 0 saturated carbocycles. The highest BCUT2D eigenvalue weighted by Crippen LogP contribution is 2.21. The Kier molecular flexibility index (Phi) is 14.2. The van der Waals surface area contributed by atoms with Crippen LogP contribution in [0.4, 0.5) is 0 Å². The zero-order chi connectivity index (χ0) is 28.0. The van der Waals surface area contributed by atoms with Crippen LogP contribution in [0.1, 0.15) is 61.4 Å². The van der Waals surface area contributed by atoms with Crippen LogP contribution in [0, 0.1) is 20.5 Å². The van der Waals surface area contributed by atoms with E-state index in [9.17, 15) is 0 Å². The molecule has 2 aromatic carbocycles.